The highest BCUT2D eigenvalue weighted by atomic mass is 19.1. The second kappa shape index (κ2) is 7.84. The maximum atomic E-state index is 13.4. The SMILES string of the molecule is CN(C)CCOc1ccn2c(-c3ccnc(N)n3)c(-c3ccc(F)cc3)nc2c1. The smallest absolute Gasteiger partial charge is 0.220 e. The molecule has 7 nitrogen and oxygen atoms in total. The van der Waals surface area contributed by atoms with Gasteiger partial charge in [0.15, 0.2) is 0 Å². The van der Waals surface area contributed by atoms with E-state index < -0.39 is 0 Å². The molecule has 0 aliphatic carbocycles. The zero-order chi connectivity index (χ0) is 20.4. The third-order valence-corrected chi connectivity index (χ3v) is 4.44. The van der Waals surface area contributed by atoms with Crippen LogP contribution >= 0.6 is 0 Å². The lowest BCUT2D eigenvalue weighted by Crippen LogP contribution is -2.19. The molecule has 29 heavy (non-hydrogen) atoms. The second-order valence-corrected chi connectivity index (χ2v) is 6.86. The Hall–Kier alpha value is -3.52. The average molecular weight is 392 g/mol. The van der Waals surface area contributed by atoms with E-state index in [2.05, 4.69) is 14.9 Å². The number of nitrogens with two attached hydrogens (primary N) is 1. The molecule has 4 aromatic rings. The molecule has 148 valence electrons. The first-order chi connectivity index (χ1) is 14.0. The molecule has 0 fully saturated rings. The van der Waals surface area contributed by atoms with Gasteiger partial charge in [-0.05, 0) is 50.5 Å². The van der Waals surface area contributed by atoms with Crippen LogP contribution in [0.25, 0.3) is 28.3 Å². The Balaban J connectivity index is 1.83. The summed E-state index contributed by atoms with van der Waals surface area (Å²) in [4.78, 5) is 15.2. The molecule has 0 aliphatic heterocycles. The van der Waals surface area contributed by atoms with Crippen molar-refractivity contribution in [1.29, 1.82) is 0 Å². The Morgan fingerprint density at radius 3 is 2.62 bits per heavy atom. The molecule has 1 aromatic carbocycles. The molecule has 0 saturated heterocycles. The van der Waals surface area contributed by atoms with Gasteiger partial charge in [-0.1, -0.05) is 0 Å². The number of fused-ring (bicyclic) bond motifs is 1. The number of nitrogens with zero attached hydrogens (tertiary/aromatic N) is 5. The number of likely N-dealkylation sites (N-methyl/N-ethyl adjacent to an activating group) is 1. The summed E-state index contributed by atoms with van der Waals surface area (Å²) in [7, 11) is 3.99. The minimum atomic E-state index is -0.304. The van der Waals surface area contributed by atoms with Gasteiger partial charge in [0.05, 0.1) is 17.1 Å². The van der Waals surface area contributed by atoms with Crippen molar-refractivity contribution in [3.63, 3.8) is 0 Å². The maximum absolute atomic E-state index is 13.4. The predicted octanol–water partition coefficient (Wildman–Crippen LogP) is 3.12. The van der Waals surface area contributed by atoms with Crippen molar-refractivity contribution in [2.24, 2.45) is 0 Å². The number of rotatable bonds is 6. The van der Waals surface area contributed by atoms with E-state index in [0.717, 1.165) is 23.6 Å². The lowest BCUT2D eigenvalue weighted by molar-refractivity contribution is 0.261. The summed E-state index contributed by atoms with van der Waals surface area (Å²) in [6, 6.07) is 11.7. The Bertz CT molecular complexity index is 1140. The van der Waals surface area contributed by atoms with E-state index in [1.54, 1.807) is 24.4 Å². The van der Waals surface area contributed by atoms with Gasteiger partial charge in [0.1, 0.15) is 23.8 Å². The minimum Gasteiger partial charge on any atom is -0.492 e. The second-order valence-electron chi connectivity index (χ2n) is 6.86. The third-order valence-electron chi connectivity index (χ3n) is 4.44. The largest absolute Gasteiger partial charge is 0.492 e. The van der Waals surface area contributed by atoms with E-state index in [1.807, 2.05) is 36.8 Å². The van der Waals surface area contributed by atoms with E-state index in [4.69, 9.17) is 15.5 Å². The van der Waals surface area contributed by atoms with Crippen LogP contribution in [0, 0.1) is 5.82 Å². The highest BCUT2D eigenvalue weighted by Crippen LogP contribution is 2.33. The molecule has 3 aromatic heterocycles. The zero-order valence-electron chi connectivity index (χ0n) is 16.2. The Morgan fingerprint density at radius 1 is 1.10 bits per heavy atom. The van der Waals surface area contributed by atoms with Gasteiger partial charge in [-0.3, -0.25) is 4.40 Å². The molecule has 0 saturated carbocycles. The summed E-state index contributed by atoms with van der Waals surface area (Å²) in [6.07, 6.45) is 3.48. The van der Waals surface area contributed by atoms with Crippen molar-refractivity contribution >= 4 is 11.6 Å². The summed E-state index contributed by atoms with van der Waals surface area (Å²) < 4.78 is 21.2. The number of halogens is 1. The van der Waals surface area contributed by atoms with Crippen molar-refractivity contribution in [3.05, 3.63) is 60.7 Å². The van der Waals surface area contributed by atoms with Gasteiger partial charge in [0.2, 0.25) is 5.95 Å². The summed E-state index contributed by atoms with van der Waals surface area (Å²) >= 11 is 0. The summed E-state index contributed by atoms with van der Waals surface area (Å²) in [5.41, 5.74) is 9.32. The van der Waals surface area contributed by atoms with Crippen molar-refractivity contribution in [1.82, 2.24) is 24.3 Å². The highest BCUT2D eigenvalue weighted by Gasteiger charge is 2.18. The molecule has 0 atom stereocenters. The van der Waals surface area contributed by atoms with E-state index >= 15 is 0 Å². The van der Waals surface area contributed by atoms with E-state index in [0.29, 0.717) is 23.6 Å². The molecule has 0 aliphatic rings. The number of hydrogen-bond donors (Lipinski definition) is 1. The normalized spacial score (nSPS) is 11.3. The number of pyridine rings is 1. The molecular formula is C21H21FN6O. The molecule has 0 radical (unpaired) electrons. The van der Waals surface area contributed by atoms with Crippen LogP contribution in [0.3, 0.4) is 0 Å². The fraction of sp³-hybridized carbons (Fsp3) is 0.190. The van der Waals surface area contributed by atoms with Crippen LogP contribution in [0.2, 0.25) is 0 Å². The van der Waals surface area contributed by atoms with E-state index in [9.17, 15) is 4.39 Å². The molecule has 0 bridgehead atoms. The molecular weight excluding hydrogens is 371 g/mol. The fourth-order valence-electron chi connectivity index (χ4n) is 3.02. The number of benzene rings is 1. The van der Waals surface area contributed by atoms with E-state index in [-0.39, 0.29) is 11.8 Å². The zero-order valence-corrected chi connectivity index (χ0v) is 16.2. The Labute approximate surface area is 167 Å². The third kappa shape index (κ3) is 4.02. The van der Waals surface area contributed by atoms with Gasteiger partial charge in [0, 0.05) is 30.6 Å². The van der Waals surface area contributed by atoms with Crippen LogP contribution in [0.4, 0.5) is 10.3 Å². The van der Waals surface area contributed by atoms with Crippen molar-refractivity contribution < 1.29 is 9.13 Å². The average Bonchev–Trinajstić information content (AvgIpc) is 3.07. The Morgan fingerprint density at radius 2 is 1.90 bits per heavy atom. The number of hydrogen-bond acceptors (Lipinski definition) is 6. The van der Waals surface area contributed by atoms with Gasteiger partial charge >= 0.3 is 0 Å². The van der Waals surface area contributed by atoms with E-state index in [1.165, 1.54) is 12.1 Å². The van der Waals surface area contributed by atoms with Gasteiger partial charge in [-0.15, -0.1) is 0 Å². The number of anilines is 1. The summed E-state index contributed by atoms with van der Waals surface area (Å²) in [6.45, 7) is 1.38. The van der Waals surface area contributed by atoms with Crippen molar-refractivity contribution in [2.45, 2.75) is 0 Å². The van der Waals surface area contributed by atoms with Gasteiger partial charge in [-0.25, -0.2) is 19.3 Å². The number of imidazole rings is 1. The minimum absolute atomic E-state index is 0.172. The molecule has 8 heteroatoms. The first-order valence-electron chi connectivity index (χ1n) is 9.16. The standard InChI is InChI=1S/C21H21FN6O/c1-27(2)11-12-29-16-8-10-28-18(13-16)26-19(14-3-5-15(22)6-4-14)20(28)17-7-9-24-21(23)25-17/h3-10,13H,11-12H2,1-2H3,(H2,23,24,25). The first kappa shape index (κ1) is 18.8. The molecule has 0 unspecified atom stereocenters. The van der Waals surface area contributed by atoms with Crippen LogP contribution in [-0.4, -0.2) is 51.5 Å². The topological polar surface area (TPSA) is 81.6 Å². The highest BCUT2D eigenvalue weighted by molar-refractivity contribution is 5.80. The summed E-state index contributed by atoms with van der Waals surface area (Å²) in [5.74, 6) is 0.594. The first-order valence-corrected chi connectivity index (χ1v) is 9.16. The van der Waals surface area contributed by atoms with Gasteiger partial charge in [0.25, 0.3) is 0 Å². The van der Waals surface area contributed by atoms with Crippen LogP contribution in [0.15, 0.2) is 54.9 Å². The lowest BCUT2D eigenvalue weighted by Gasteiger charge is -2.11. The molecule has 2 N–H and O–H groups in total. The molecule has 4 rings (SSSR count). The van der Waals surface area contributed by atoms with Crippen LogP contribution in [-0.2, 0) is 0 Å². The van der Waals surface area contributed by atoms with Crippen LogP contribution in [0.5, 0.6) is 5.75 Å². The predicted molar refractivity (Wildman–Crippen MR) is 110 cm³/mol. The van der Waals surface area contributed by atoms with Crippen molar-refractivity contribution in [2.75, 3.05) is 33.0 Å². The maximum Gasteiger partial charge on any atom is 0.220 e. The van der Waals surface area contributed by atoms with Gasteiger partial charge < -0.3 is 15.4 Å². The number of nitrogen functional groups attached to an aromatic ring is 1. The number of aromatic nitrogens is 4. The number of ether oxygens (including phenoxy) is 1. The molecule has 0 spiro atoms. The Kier molecular flexibility index (Phi) is 5.09. The lowest BCUT2D eigenvalue weighted by atomic mass is 10.1. The molecule has 3 heterocycles. The van der Waals surface area contributed by atoms with Gasteiger partial charge in [-0.2, -0.15) is 0 Å². The quantitative estimate of drug-likeness (QED) is 0.543. The summed E-state index contributed by atoms with van der Waals surface area (Å²) in [5, 5.41) is 0. The fourth-order valence-corrected chi connectivity index (χ4v) is 3.02. The monoisotopic (exact) mass is 392 g/mol. The van der Waals surface area contributed by atoms with Crippen LogP contribution in [0.1, 0.15) is 0 Å². The van der Waals surface area contributed by atoms with Crippen molar-refractivity contribution in [3.8, 4) is 28.4 Å². The van der Waals surface area contributed by atoms with Crippen LogP contribution < -0.4 is 10.5 Å². The molecule has 0 amide bonds.